The number of aliphatic hydroxyl groups is 1. The minimum atomic E-state index is -1.03. The first-order valence-corrected chi connectivity index (χ1v) is 8.25. The Bertz CT molecular complexity index is 650. The summed E-state index contributed by atoms with van der Waals surface area (Å²) in [7, 11) is 0. The van der Waals surface area contributed by atoms with Gasteiger partial charge in [-0.2, -0.15) is 0 Å². The summed E-state index contributed by atoms with van der Waals surface area (Å²) in [6.07, 6.45) is 1.79. The average Bonchev–Trinajstić information content (AvgIpc) is 2.76. The Balaban J connectivity index is 1.62. The van der Waals surface area contributed by atoms with E-state index in [1.165, 1.54) is 0 Å². The van der Waals surface area contributed by atoms with Crippen molar-refractivity contribution in [1.82, 2.24) is 9.88 Å². The summed E-state index contributed by atoms with van der Waals surface area (Å²) in [5.41, 5.74) is 1.09. The lowest BCUT2D eigenvalue weighted by molar-refractivity contribution is -0.0647. The van der Waals surface area contributed by atoms with E-state index in [-0.39, 0.29) is 13.2 Å². The highest BCUT2D eigenvalue weighted by molar-refractivity contribution is 5.27. The molecule has 0 amide bonds. The second kappa shape index (κ2) is 7.75. The van der Waals surface area contributed by atoms with E-state index < -0.39 is 5.60 Å². The van der Waals surface area contributed by atoms with Crippen LogP contribution in [0.5, 0.6) is 5.75 Å². The Morgan fingerprint density at radius 1 is 1.29 bits per heavy atom. The number of rotatable bonds is 5. The van der Waals surface area contributed by atoms with Crippen molar-refractivity contribution >= 4 is 0 Å². The highest BCUT2D eigenvalue weighted by atomic mass is 16.5. The third-order valence-electron chi connectivity index (χ3n) is 4.05. The molecular formula is C19H24N2O3. The molecule has 128 valence electrons. The largest absolute Gasteiger partial charge is 0.490 e. The van der Waals surface area contributed by atoms with Gasteiger partial charge >= 0.3 is 0 Å². The van der Waals surface area contributed by atoms with Crippen LogP contribution in [0.2, 0.25) is 0 Å². The number of β-amino-alcohol motifs (C(OH)–C–C–N with tert-alkyl or cyclic N) is 1. The van der Waals surface area contributed by atoms with Crippen molar-refractivity contribution in [3.63, 3.8) is 0 Å². The molecule has 1 N–H and O–H groups in total. The lowest BCUT2D eigenvalue weighted by Gasteiger charge is -2.30. The van der Waals surface area contributed by atoms with E-state index in [1.54, 1.807) is 6.20 Å². The van der Waals surface area contributed by atoms with Gasteiger partial charge in [-0.25, -0.2) is 0 Å². The molecule has 2 aromatic rings. The van der Waals surface area contributed by atoms with Gasteiger partial charge < -0.3 is 14.6 Å². The second-order valence-corrected chi connectivity index (χ2v) is 6.41. The fraction of sp³-hybridized carbons (Fsp3) is 0.421. The van der Waals surface area contributed by atoms with Crippen LogP contribution in [0.25, 0.3) is 0 Å². The van der Waals surface area contributed by atoms with Crippen molar-refractivity contribution in [1.29, 1.82) is 0 Å². The van der Waals surface area contributed by atoms with Gasteiger partial charge in [0.2, 0.25) is 0 Å². The van der Waals surface area contributed by atoms with Crippen LogP contribution in [0, 0.1) is 6.92 Å². The zero-order chi connectivity index (χ0) is 16.8. The van der Waals surface area contributed by atoms with Crippen molar-refractivity contribution in [3.8, 4) is 5.75 Å². The smallest absolute Gasteiger partial charge is 0.134 e. The minimum Gasteiger partial charge on any atom is -0.490 e. The third-order valence-corrected chi connectivity index (χ3v) is 4.05. The summed E-state index contributed by atoms with van der Waals surface area (Å²) in [5.74, 6) is 0.768. The Labute approximate surface area is 142 Å². The second-order valence-electron chi connectivity index (χ2n) is 6.41. The number of aryl methyl sites for hydroxylation is 1. The molecule has 1 atom stereocenters. The summed E-state index contributed by atoms with van der Waals surface area (Å²) in [4.78, 5) is 6.52. The van der Waals surface area contributed by atoms with Crippen molar-refractivity contribution in [3.05, 3.63) is 59.9 Å². The zero-order valence-corrected chi connectivity index (χ0v) is 14.0. The van der Waals surface area contributed by atoms with Crippen LogP contribution < -0.4 is 4.74 Å². The van der Waals surface area contributed by atoms with E-state index in [4.69, 9.17) is 9.47 Å². The van der Waals surface area contributed by atoms with Gasteiger partial charge in [0.1, 0.15) is 18.0 Å². The van der Waals surface area contributed by atoms with Crippen LogP contribution in [0.4, 0.5) is 0 Å². The first-order valence-electron chi connectivity index (χ1n) is 8.25. The van der Waals surface area contributed by atoms with Gasteiger partial charge in [0.25, 0.3) is 0 Å². The Morgan fingerprint density at radius 3 is 3.00 bits per heavy atom. The first-order chi connectivity index (χ1) is 11.6. The topological polar surface area (TPSA) is 54.8 Å². The van der Waals surface area contributed by atoms with Crippen LogP contribution in [0.1, 0.15) is 11.3 Å². The quantitative estimate of drug-likeness (QED) is 0.910. The van der Waals surface area contributed by atoms with Crippen molar-refractivity contribution in [2.45, 2.75) is 19.1 Å². The van der Waals surface area contributed by atoms with E-state index in [0.717, 1.165) is 23.6 Å². The van der Waals surface area contributed by atoms with Gasteiger partial charge in [0.15, 0.2) is 0 Å². The highest BCUT2D eigenvalue weighted by Gasteiger charge is 2.33. The zero-order valence-electron chi connectivity index (χ0n) is 14.0. The van der Waals surface area contributed by atoms with E-state index >= 15 is 0 Å². The number of ether oxygens (including phenoxy) is 2. The first kappa shape index (κ1) is 16.9. The fourth-order valence-electron chi connectivity index (χ4n) is 2.86. The van der Waals surface area contributed by atoms with E-state index in [9.17, 15) is 5.11 Å². The summed E-state index contributed by atoms with van der Waals surface area (Å²) < 4.78 is 11.4. The molecule has 3 rings (SSSR count). The molecule has 0 spiro atoms. The predicted molar refractivity (Wildman–Crippen MR) is 92.0 cm³/mol. The molecule has 2 heterocycles. The number of nitrogens with zero attached hydrogens (tertiary/aromatic N) is 2. The number of pyridine rings is 1. The van der Waals surface area contributed by atoms with Gasteiger partial charge in [0.05, 0.1) is 18.9 Å². The van der Waals surface area contributed by atoms with Crippen LogP contribution >= 0.6 is 0 Å². The maximum Gasteiger partial charge on any atom is 0.134 e. The summed E-state index contributed by atoms with van der Waals surface area (Å²) in [6, 6.07) is 13.7. The molecule has 5 heteroatoms. The molecule has 0 saturated carbocycles. The van der Waals surface area contributed by atoms with Crippen LogP contribution in [0.3, 0.4) is 0 Å². The number of hydrogen-bond acceptors (Lipinski definition) is 5. The van der Waals surface area contributed by atoms with Crippen LogP contribution in [-0.4, -0.2) is 53.5 Å². The SMILES string of the molecule is Cc1cccc(OC[C@@]2(O)COCCN(Cc3ccccn3)C2)c1. The molecule has 0 aliphatic carbocycles. The van der Waals surface area contributed by atoms with Crippen molar-refractivity contribution in [2.75, 3.05) is 32.9 Å². The molecule has 1 aliphatic heterocycles. The minimum absolute atomic E-state index is 0.204. The van der Waals surface area contributed by atoms with E-state index in [0.29, 0.717) is 19.7 Å². The average molecular weight is 328 g/mol. The molecule has 0 radical (unpaired) electrons. The number of benzene rings is 1. The van der Waals surface area contributed by atoms with Gasteiger partial charge in [-0.15, -0.1) is 0 Å². The maximum atomic E-state index is 10.9. The summed E-state index contributed by atoms with van der Waals surface area (Å²) in [5, 5.41) is 10.9. The Kier molecular flexibility index (Phi) is 5.45. The fourth-order valence-corrected chi connectivity index (χ4v) is 2.86. The van der Waals surface area contributed by atoms with Crippen LogP contribution in [-0.2, 0) is 11.3 Å². The van der Waals surface area contributed by atoms with Gasteiger partial charge in [-0.1, -0.05) is 18.2 Å². The molecule has 24 heavy (non-hydrogen) atoms. The lowest BCUT2D eigenvalue weighted by Crippen LogP contribution is -2.48. The van der Waals surface area contributed by atoms with E-state index in [1.807, 2.05) is 49.4 Å². The Hall–Kier alpha value is -1.95. The maximum absolute atomic E-state index is 10.9. The molecule has 1 fully saturated rings. The number of aromatic nitrogens is 1. The predicted octanol–water partition coefficient (Wildman–Crippen LogP) is 2.03. The normalized spacial score (nSPS) is 22.1. The van der Waals surface area contributed by atoms with Crippen molar-refractivity contribution < 1.29 is 14.6 Å². The molecule has 5 nitrogen and oxygen atoms in total. The molecule has 1 aromatic carbocycles. The highest BCUT2D eigenvalue weighted by Crippen LogP contribution is 2.18. The molecule has 1 saturated heterocycles. The summed E-state index contributed by atoms with van der Waals surface area (Å²) >= 11 is 0. The number of hydrogen-bond donors (Lipinski definition) is 1. The summed E-state index contributed by atoms with van der Waals surface area (Å²) in [6.45, 7) is 5.05. The molecule has 1 aromatic heterocycles. The van der Waals surface area contributed by atoms with Crippen molar-refractivity contribution in [2.24, 2.45) is 0 Å². The lowest BCUT2D eigenvalue weighted by atomic mass is 10.1. The van der Waals surface area contributed by atoms with E-state index in [2.05, 4.69) is 9.88 Å². The van der Waals surface area contributed by atoms with Gasteiger partial charge in [0, 0.05) is 25.8 Å². The molecular weight excluding hydrogens is 304 g/mol. The van der Waals surface area contributed by atoms with Crippen LogP contribution in [0.15, 0.2) is 48.7 Å². The molecule has 1 aliphatic rings. The molecule has 0 bridgehead atoms. The monoisotopic (exact) mass is 328 g/mol. The Morgan fingerprint density at radius 2 is 2.21 bits per heavy atom. The van der Waals surface area contributed by atoms with Gasteiger partial charge in [-0.3, -0.25) is 9.88 Å². The molecule has 0 unspecified atom stereocenters. The van der Waals surface area contributed by atoms with Gasteiger partial charge in [-0.05, 0) is 36.8 Å². The third kappa shape index (κ3) is 4.77. The standard InChI is InChI=1S/C19H24N2O3/c1-16-5-4-7-18(11-16)24-15-19(22)13-21(9-10-23-14-19)12-17-6-2-3-8-20-17/h2-8,11,22H,9-10,12-15H2,1H3/t19-/m0/s1.